The van der Waals surface area contributed by atoms with Crippen LogP contribution in [0.4, 0.5) is 0 Å². The van der Waals surface area contributed by atoms with Crippen LogP contribution in [0.3, 0.4) is 0 Å². The number of ether oxygens (including phenoxy) is 2. The van der Waals surface area contributed by atoms with Gasteiger partial charge in [0, 0.05) is 6.54 Å². The second kappa shape index (κ2) is 9.97. The van der Waals surface area contributed by atoms with Crippen LogP contribution in [0.2, 0.25) is 0 Å². The summed E-state index contributed by atoms with van der Waals surface area (Å²) in [7, 11) is 1.59. The van der Waals surface area contributed by atoms with Crippen molar-refractivity contribution in [2.45, 2.75) is 13.5 Å². The van der Waals surface area contributed by atoms with Gasteiger partial charge in [0.05, 0.1) is 7.11 Å². The molecule has 2 aromatic carbocycles. The lowest BCUT2D eigenvalue weighted by molar-refractivity contribution is -0.143. The van der Waals surface area contributed by atoms with Crippen molar-refractivity contribution in [1.29, 1.82) is 0 Å². The largest absolute Gasteiger partial charge is 0.497 e. The highest BCUT2D eigenvalue weighted by Gasteiger charge is 2.19. The molecule has 3 aromatic rings. The van der Waals surface area contributed by atoms with E-state index in [1.807, 2.05) is 42.5 Å². The first-order valence-corrected chi connectivity index (χ1v) is 9.15. The number of carbonyl (C=O) groups is 2. The number of nitrogens with one attached hydrogen (secondary N) is 1. The maximum absolute atomic E-state index is 12.6. The molecule has 1 N–H and O–H groups in total. The van der Waals surface area contributed by atoms with E-state index in [1.165, 1.54) is 4.68 Å². The summed E-state index contributed by atoms with van der Waals surface area (Å²) in [4.78, 5) is 24.7. The second-order valence-corrected chi connectivity index (χ2v) is 6.28. The van der Waals surface area contributed by atoms with Crippen molar-refractivity contribution < 1.29 is 19.1 Å². The van der Waals surface area contributed by atoms with Gasteiger partial charge in [-0.05, 0) is 46.7 Å². The highest BCUT2D eigenvalue weighted by molar-refractivity contribution is 6.15. The lowest BCUT2D eigenvalue weighted by Crippen LogP contribution is -2.29. The molecule has 0 saturated heterocycles. The molecule has 0 aliphatic heterocycles. The molecule has 0 bridgehead atoms. The van der Waals surface area contributed by atoms with Crippen LogP contribution in [0.5, 0.6) is 5.75 Å². The molecule has 9 heteroatoms. The van der Waals surface area contributed by atoms with Gasteiger partial charge in [0.25, 0.3) is 5.91 Å². The maximum atomic E-state index is 12.6. The Hall–Kier alpha value is -4.01. The third kappa shape index (κ3) is 5.51. The number of hydrogen-bond acceptors (Lipinski definition) is 7. The van der Waals surface area contributed by atoms with Gasteiger partial charge < -0.3 is 14.8 Å². The maximum Gasteiger partial charge on any atom is 0.357 e. The standard InChI is InChI=1S/C21H21N5O4/c1-15-23-24-25-26(15)19(12-16-6-4-3-5-7-16)21(28)30-14-20(27)22-13-17-8-10-18(29-2)11-9-17/h3-12H,13-14H2,1-2H3,(H,22,27)/b19-12-. The number of carbonyl (C=O) groups excluding carboxylic acids is 2. The van der Waals surface area contributed by atoms with Crippen LogP contribution in [0.25, 0.3) is 11.8 Å². The van der Waals surface area contributed by atoms with E-state index < -0.39 is 18.5 Å². The summed E-state index contributed by atoms with van der Waals surface area (Å²) in [5, 5.41) is 13.9. The zero-order valence-electron chi connectivity index (χ0n) is 16.6. The van der Waals surface area contributed by atoms with Crippen LogP contribution in [0.15, 0.2) is 54.6 Å². The smallest absolute Gasteiger partial charge is 0.357 e. The van der Waals surface area contributed by atoms with Gasteiger partial charge in [-0.25, -0.2) is 4.79 Å². The lowest BCUT2D eigenvalue weighted by atomic mass is 10.2. The lowest BCUT2D eigenvalue weighted by Gasteiger charge is -2.10. The molecule has 1 aromatic heterocycles. The van der Waals surface area contributed by atoms with E-state index in [4.69, 9.17) is 9.47 Å². The molecule has 154 valence electrons. The first kappa shape index (κ1) is 20.7. The van der Waals surface area contributed by atoms with Gasteiger partial charge in [0.2, 0.25) is 0 Å². The van der Waals surface area contributed by atoms with E-state index in [2.05, 4.69) is 20.8 Å². The Labute approximate surface area is 173 Å². The molecule has 0 saturated carbocycles. The van der Waals surface area contributed by atoms with Crippen LogP contribution in [-0.2, 0) is 20.9 Å². The summed E-state index contributed by atoms with van der Waals surface area (Å²) >= 11 is 0. The normalized spacial score (nSPS) is 11.1. The van der Waals surface area contributed by atoms with E-state index in [0.717, 1.165) is 16.9 Å². The van der Waals surface area contributed by atoms with Crippen molar-refractivity contribution >= 4 is 23.6 Å². The van der Waals surface area contributed by atoms with Gasteiger partial charge in [-0.15, -0.1) is 5.10 Å². The fraction of sp³-hybridized carbons (Fsp3) is 0.190. The number of aryl methyl sites for hydroxylation is 1. The average molecular weight is 407 g/mol. The number of hydrogen-bond donors (Lipinski definition) is 1. The molecule has 30 heavy (non-hydrogen) atoms. The number of amides is 1. The van der Waals surface area contributed by atoms with Gasteiger partial charge in [-0.2, -0.15) is 4.68 Å². The monoisotopic (exact) mass is 407 g/mol. The SMILES string of the molecule is COc1ccc(CNC(=O)COC(=O)/C(=C/c2ccccc2)n2nnnc2C)cc1. The van der Waals surface area contributed by atoms with Crippen LogP contribution in [0.1, 0.15) is 17.0 Å². The van der Waals surface area contributed by atoms with E-state index in [9.17, 15) is 9.59 Å². The van der Waals surface area contributed by atoms with Gasteiger partial charge in [0.1, 0.15) is 5.75 Å². The predicted octanol–water partition coefficient (Wildman–Crippen LogP) is 1.85. The van der Waals surface area contributed by atoms with E-state index in [1.54, 1.807) is 32.2 Å². The highest BCUT2D eigenvalue weighted by Crippen LogP contribution is 2.14. The summed E-state index contributed by atoms with van der Waals surface area (Å²) in [6.45, 7) is 1.54. The van der Waals surface area contributed by atoms with E-state index >= 15 is 0 Å². The molecule has 0 aliphatic rings. The van der Waals surface area contributed by atoms with Crippen molar-refractivity contribution in [3.8, 4) is 5.75 Å². The minimum absolute atomic E-state index is 0.103. The summed E-state index contributed by atoms with van der Waals surface area (Å²) in [6, 6.07) is 16.5. The number of aromatic nitrogens is 4. The fourth-order valence-corrected chi connectivity index (χ4v) is 2.57. The van der Waals surface area contributed by atoms with E-state index in [0.29, 0.717) is 12.4 Å². The number of rotatable bonds is 8. The van der Waals surface area contributed by atoms with Crippen LogP contribution < -0.4 is 10.1 Å². The third-order valence-corrected chi connectivity index (χ3v) is 4.15. The first-order chi connectivity index (χ1) is 14.6. The van der Waals surface area contributed by atoms with Gasteiger partial charge in [0.15, 0.2) is 18.1 Å². The number of benzene rings is 2. The zero-order chi connectivity index (χ0) is 21.3. The molecule has 0 unspecified atom stereocenters. The molecule has 0 fully saturated rings. The third-order valence-electron chi connectivity index (χ3n) is 4.15. The highest BCUT2D eigenvalue weighted by atomic mass is 16.5. The molecule has 0 atom stereocenters. The topological polar surface area (TPSA) is 108 Å². The molecule has 0 spiro atoms. The van der Waals surface area contributed by atoms with Crippen LogP contribution >= 0.6 is 0 Å². The van der Waals surface area contributed by atoms with Gasteiger partial charge in [-0.1, -0.05) is 42.5 Å². The van der Waals surface area contributed by atoms with Crippen molar-refractivity contribution in [2.24, 2.45) is 0 Å². The number of tetrazole rings is 1. The summed E-state index contributed by atoms with van der Waals surface area (Å²) in [5.74, 6) is 0.00763. The number of methoxy groups -OCH3 is 1. The molecule has 3 rings (SSSR count). The summed E-state index contributed by atoms with van der Waals surface area (Å²) in [5.41, 5.74) is 1.76. The minimum Gasteiger partial charge on any atom is -0.497 e. The fourth-order valence-electron chi connectivity index (χ4n) is 2.57. The second-order valence-electron chi connectivity index (χ2n) is 6.28. The Kier molecular flexibility index (Phi) is 6.88. The van der Waals surface area contributed by atoms with Crippen molar-refractivity contribution in [2.75, 3.05) is 13.7 Å². The van der Waals surface area contributed by atoms with Crippen molar-refractivity contribution in [3.63, 3.8) is 0 Å². The van der Waals surface area contributed by atoms with E-state index in [-0.39, 0.29) is 5.70 Å². The quantitative estimate of drug-likeness (QED) is 0.448. The molecule has 1 amide bonds. The van der Waals surface area contributed by atoms with Gasteiger partial charge >= 0.3 is 5.97 Å². The molecular formula is C21H21N5O4. The Bertz CT molecular complexity index is 1030. The van der Waals surface area contributed by atoms with Crippen molar-refractivity contribution in [1.82, 2.24) is 25.5 Å². The van der Waals surface area contributed by atoms with Crippen LogP contribution in [-0.4, -0.2) is 45.8 Å². The Morgan fingerprint density at radius 1 is 1.10 bits per heavy atom. The summed E-state index contributed by atoms with van der Waals surface area (Å²) < 4.78 is 11.6. The van der Waals surface area contributed by atoms with Crippen molar-refractivity contribution in [3.05, 3.63) is 71.5 Å². The van der Waals surface area contributed by atoms with Gasteiger partial charge in [-0.3, -0.25) is 4.79 Å². The molecule has 0 aliphatic carbocycles. The molecule has 1 heterocycles. The minimum atomic E-state index is -0.714. The Morgan fingerprint density at radius 3 is 2.47 bits per heavy atom. The van der Waals surface area contributed by atoms with Crippen LogP contribution in [0, 0.1) is 6.92 Å². The number of nitrogens with zero attached hydrogens (tertiary/aromatic N) is 4. The summed E-state index contributed by atoms with van der Waals surface area (Å²) in [6.07, 6.45) is 1.60. The molecule has 0 radical (unpaired) electrons. The Morgan fingerprint density at radius 2 is 1.83 bits per heavy atom. The predicted molar refractivity (Wildman–Crippen MR) is 109 cm³/mol. The number of esters is 1. The zero-order valence-corrected chi connectivity index (χ0v) is 16.6. The first-order valence-electron chi connectivity index (χ1n) is 9.15. The Balaban J connectivity index is 1.62. The average Bonchev–Trinajstić information content (AvgIpc) is 3.21. The molecular weight excluding hydrogens is 386 g/mol. The molecule has 9 nitrogen and oxygen atoms in total.